The standard InChI is InChI=1S/C2H8N2.HO3P/c3-1-2-4;1-4(2)3/h1-4H2;(H-,1,2,3)/p+1. The Morgan fingerprint density at radius 3 is 1.38 bits per heavy atom. The maximum Gasteiger partial charge on any atom is 0.692 e. The molecule has 0 aromatic heterocycles. The number of nitrogens with two attached hydrogens (primary N) is 2. The van der Waals surface area contributed by atoms with Crippen LogP contribution in [0.3, 0.4) is 0 Å². The minimum Gasteiger partial charge on any atom is -0.329 e. The Morgan fingerprint density at radius 1 is 1.25 bits per heavy atom. The van der Waals surface area contributed by atoms with Crippen molar-refractivity contribution in [3.8, 4) is 0 Å². The second-order valence-corrected chi connectivity index (χ2v) is 1.34. The molecule has 0 rings (SSSR count). The van der Waals surface area contributed by atoms with Crippen LogP contribution >= 0.6 is 8.25 Å². The van der Waals surface area contributed by atoms with E-state index >= 15 is 0 Å². The Hall–Kier alpha value is -0.0600. The monoisotopic (exact) mass is 141 g/mol. The van der Waals surface area contributed by atoms with Crippen molar-refractivity contribution in [2.45, 2.75) is 0 Å². The molecule has 50 valence electrons. The van der Waals surface area contributed by atoms with E-state index < -0.39 is 8.25 Å². The molecule has 0 bridgehead atoms. The van der Waals surface area contributed by atoms with Gasteiger partial charge in [0, 0.05) is 17.7 Å². The fourth-order valence-electron chi connectivity index (χ4n) is 0. The smallest absolute Gasteiger partial charge is 0.329 e. The molecular formula is C2H10N2O3P+. The normalized spacial score (nSPS) is 7.00. The first-order valence-corrected chi connectivity index (χ1v) is 3.06. The molecule has 0 amide bonds. The first-order valence-electron chi connectivity index (χ1n) is 1.90. The molecule has 5 nitrogen and oxygen atoms in total. The third kappa shape index (κ3) is 164. The van der Waals surface area contributed by atoms with Gasteiger partial charge in [0.1, 0.15) is 0 Å². The zero-order valence-corrected chi connectivity index (χ0v) is 5.21. The molecule has 0 unspecified atom stereocenters. The molecule has 0 aromatic carbocycles. The lowest BCUT2D eigenvalue weighted by Gasteiger charge is -1.72. The highest BCUT2D eigenvalue weighted by Crippen LogP contribution is 1.98. The summed E-state index contributed by atoms with van der Waals surface area (Å²) in [7, 11) is -2.87. The average Bonchev–Trinajstić information content (AvgIpc) is 1.65. The lowest BCUT2D eigenvalue weighted by Crippen LogP contribution is -2.11. The topological polar surface area (TPSA) is 110 Å². The molecule has 0 saturated heterocycles. The van der Waals surface area contributed by atoms with E-state index in [9.17, 15) is 0 Å². The molecule has 0 aliphatic carbocycles. The van der Waals surface area contributed by atoms with Crippen LogP contribution in [0.2, 0.25) is 0 Å². The molecule has 0 fully saturated rings. The van der Waals surface area contributed by atoms with Gasteiger partial charge in [-0.05, 0) is 0 Å². The van der Waals surface area contributed by atoms with Crippen molar-refractivity contribution in [3.05, 3.63) is 0 Å². The van der Waals surface area contributed by atoms with Gasteiger partial charge in [-0.2, -0.15) is 0 Å². The quantitative estimate of drug-likeness (QED) is 0.333. The van der Waals surface area contributed by atoms with E-state index in [-0.39, 0.29) is 0 Å². The molecule has 0 atom stereocenters. The molecule has 0 aliphatic heterocycles. The highest BCUT2D eigenvalue weighted by Gasteiger charge is 1.93. The van der Waals surface area contributed by atoms with E-state index in [0.717, 1.165) is 0 Å². The third-order valence-corrected chi connectivity index (χ3v) is 0.167. The second-order valence-electron chi connectivity index (χ2n) is 0.830. The largest absolute Gasteiger partial charge is 0.692 e. The summed E-state index contributed by atoms with van der Waals surface area (Å²) in [6.45, 7) is 1.19. The Kier molecular flexibility index (Phi) is 13.6. The summed E-state index contributed by atoms with van der Waals surface area (Å²) in [5.41, 5.74) is 9.81. The van der Waals surface area contributed by atoms with E-state index in [0.29, 0.717) is 13.1 Å². The van der Waals surface area contributed by atoms with Crippen LogP contribution in [0.15, 0.2) is 0 Å². The van der Waals surface area contributed by atoms with Crippen LogP contribution in [-0.2, 0) is 4.57 Å². The van der Waals surface area contributed by atoms with Crippen LogP contribution in [-0.4, -0.2) is 22.9 Å². The van der Waals surface area contributed by atoms with E-state index in [1.54, 1.807) is 0 Å². The van der Waals surface area contributed by atoms with E-state index in [1.165, 1.54) is 0 Å². The van der Waals surface area contributed by atoms with Gasteiger partial charge in [0.05, 0.1) is 0 Å². The molecular weight excluding hydrogens is 131 g/mol. The van der Waals surface area contributed by atoms with Gasteiger partial charge >= 0.3 is 8.25 Å². The zero-order valence-electron chi connectivity index (χ0n) is 4.32. The van der Waals surface area contributed by atoms with Gasteiger partial charge in [0.15, 0.2) is 0 Å². The molecule has 0 spiro atoms. The fourth-order valence-corrected chi connectivity index (χ4v) is 0. The van der Waals surface area contributed by atoms with Crippen LogP contribution in [0.1, 0.15) is 0 Å². The summed E-state index contributed by atoms with van der Waals surface area (Å²) in [6, 6.07) is 0. The summed E-state index contributed by atoms with van der Waals surface area (Å²) in [6.07, 6.45) is 0. The van der Waals surface area contributed by atoms with E-state index in [4.69, 9.17) is 25.8 Å². The summed E-state index contributed by atoms with van der Waals surface area (Å²) < 4.78 is 8.70. The van der Waals surface area contributed by atoms with Gasteiger partial charge in [0.25, 0.3) is 0 Å². The maximum atomic E-state index is 8.70. The summed E-state index contributed by atoms with van der Waals surface area (Å²) in [4.78, 5) is 14.2. The summed E-state index contributed by atoms with van der Waals surface area (Å²) in [5.74, 6) is 0. The Bertz CT molecular complexity index is 53.2. The van der Waals surface area contributed by atoms with E-state index in [1.807, 2.05) is 0 Å². The minimum absolute atomic E-state index is 0.597. The van der Waals surface area contributed by atoms with Crippen molar-refractivity contribution < 1.29 is 14.4 Å². The van der Waals surface area contributed by atoms with Crippen LogP contribution in [0.5, 0.6) is 0 Å². The highest BCUT2D eigenvalue weighted by molar-refractivity contribution is 7.30. The molecule has 0 heterocycles. The van der Waals surface area contributed by atoms with Crippen LogP contribution in [0, 0.1) is 0 Å². The molecule has 0 saturated carbocycles. The second kappa shape index (κ2) is 10.0. The number of rotatable bonds is 1. The van der Waals surface area contributed by atoms with Crippen molar-refractivity contribution in [2.75, 3.05) is 13.1 Å². The van der Waals surface area contributed by atoms with Crippen LogP contribution < -0.4 is 11.5 Å². The van der Waals surface area contributed by atoms with Crippen LogP contribution in [0.4, 0.5) is 0 Å². The van der Waals surface area contributed by atoms with Crippen molar-refractivity contribution in [2.24, 2.45) is 11.5 Å². The molecule has 0 aliphatic rings. The summed E-state index contributed by atoms with van der Waals surface area (Å²) in [5, 5.41) is 0. The average molecular weight is 141 g/mol. The maximum absolute atomic E-state index is 8.70. The van der Waals surface area contributed by atoms with Crippen molar-refractivity contribution in [1.29, 1.82) is 0 Å². The van der Waals surface area contributed by atoms with E-state index in [2.05, 4.69) is 0 Å². The SMILES string of the molecule is NCCN.O=[P+](O)O. The Morgan fingerprint density at radius 2 is 1.38 bits per heavy atom. The van der Waals surface area contributed by atoms with Crippen LogP contribution in [0.25, 0.3) is 0 Å². The lowest BCUT2D eigenvalue weighted by atomic mass is 10.7. The van der Waals surface area contributed by atoms with Crippen molar-refractivity contribution in [3.63, 3.8) is 0 Å². The first-order chi connectivity index (χ1) is 3.65. The fraction of sp³-hybridized carbons (Fsp3) is 1.00. The Labute approximate surface area is 48.3 Å². The van der Waals surface area contributed by atoms with Crippen molar-refractivity contribution >= 4 is 8.25 Å². The molecule has 8 heavy (non-hydrogen) atoms. The Balaban J connectivity index is 0. The number of hydrogen-bond acceptors (Lipinski definition) is 3. The zero-order chi connectivity index (χ0) is 6.99. The van der Waals surface area contributed by atoms with Gasteiger partial charge in [-0.3, -0.25) is 0 Å². The van der Waals surface area contributed by atoms with Gasteiger partial charge in [-0.25, -0.2) is 0 Å². The van der Waals surface area contributed by atoms with Gasteiger partial charge in [0.2, 0.25) is 0 Å². The lowest BCUT2D eigenvalue weighted by molar-refractivity contribution is 0.405. The van der Waals surface area contributed by atoms with Crippen molar-refractivity contribution in [1.82, 2.24) is 0 Å². The third-order valence-electron chi connectivity index (χ3n) is 0.167. The minimum atomic E-state index is -2.87. The van der Waals surface area contributed by atoms with Gasteiger partial charge in [-0.15, -0.1) is 9.79 Å². The highest BCUT2D eigenvalue weighted by atomic mass is 31.1. The molecule has 6 N–H and O–H groups in total. The molecule has 6 heteroatoms. The number of hydrogen-bond donors (Lipinski definition) is 4. The van der Waals surface area contributed by atoms with Gasteiger partial charge < -0.3 is 11.5 Å². The first kappa shape index (κ1) is 10.8. The molecule has 0 aromatic rings. The predicted octanol–water partition coefficient (Wildman–Crippen LogP) is -1.47. The predicted molar refractivity (Wildman–Crippen MR) is 30.2 cm³/mol. The van der Waals surface area contributed by atoms with Gasteiger partial charge in [-0.1, -0.05) is 0 Å². The molecule has 0 radical (unpaired) electrons. The summed E-state index contributed by atoms with van der Waals surface area (Å²) >= 11 is 0.